The van der Waals surface area contributed by atoms with Gasteiger partial charge in [0, 0.05) is 19.1 Å². The molecule has 1 amide bonds. The molecule has 1 rings (SSSR count). The zero-order valence-electron chi connectivity index (χ0n) is 14.5. The third-order valence-electron chi connectivity index (χ3n) is 2.83. The molecule has 128 valence electrons. The van der Waals surface area contributed by atoms with Crippen molar-refractivity contribution >= 4 is 6.09 Å². The second-order valence-corrected chi connectivity index (χ2v) is 6.42. The fraction of sp³-hybridized carbons (Fsp3) is 0.500. The highest BCUT2D eigenvalue weighted by molar-refractivity contribution is 5.68. The first kappa shape index (κ1) is 19.0. The molecule has 0 aromatic heterocycles. The summed E-state index contributed by atoms with van der Waals surface area (Å²) in [6, 6.07) is 7.88. The van der Waals surface area contributed by atoms with Gasteiger partial charge < -0.3 is 20.1 Å². The molecule has 5 heteroatoms. The third kappa shape index (κ3) is 8.88. The fourth-order valence-electron chi connectivity index (χ4n) is 1.85. The van der Waals surface area contributed by atoms with E-state index < -0.39 is 11.7 Å². The van der Waals surface area contributed by atoms with Crippen molar-refractivity contribution in [3.05, 3.63) is 42.5 Å². The van der Waals surface area contributed by atoms with Gasteiger partial charge in [-0.05, 0) is 45.4 Å². The van der Waals surface area contributed by atoms with E-state index >= 15 is 0 Å². The molecule has 1 unspecified atom stereocenters. The monoisotopic (exact) mass is 320 g/mol. The van der Waals surface area contributed by atoms with E-state index in [2.05, 4.69) is 17.2 Å². The van der Waals surface area contributed by atoms with Crippen molar-refractivity contribution in [3.8, 4) is 5.75 Å². The maximum absolute atomic E-state index is 11.6. The third-order valence-corrected chi connectivity index (χ3v) is 2.83. The van der Waals surface area contributed by atoms with Gasteiger partial charge in [-0.1, -0.05) is 24.8 Å². The van der Waals surface area contributed by atoms with Crippen LogP contribution in [0.4, 0.5) is 4.79 Å². The Bertz CT molecular complexity index is 492. The zero-order valence-corrected chi connectivity index (χ0v) is 14.5. The Morgan fingerprint density at radius 2 is 1.96 bits per heavy atom. The average Bonchev–Trinajstić information content (AvgIpc) is 2.44. The van der Waals surface area contributed by atoms with E-state index in [9.17, 15) is 4.79 Å². The molecule has 0 aliphatic carbocycles. The van der Waals surface area contributed by atoms with Crippen LogP contribution < -0.4 is 15.4 Å². The van der Waals surface area contributed by atoms with Crippen LogP contribution in [0.15, 0.2) is 36.9 Å². The Morgan fingerprint density at radius 1 is 1.30 bits per heavy atom. The topological polar surface area (TPSA) is 59.6 Å². The quantitative estimate of drug-likeness (QED) is 0.722. The first-order chi connectivity index (χ1) is 10.8. The highest BCUT2D eigenvalue weighted by Crippen LogP contribution is 2.12. The van der Waals surface area contributed by atoms with E-state index in [-0.39, 0.29) is 6.04 Å². The summed E-state index contributed by atoms with van der Waals surface area (Å²) in [5, 5.41) is 6.11. The highest BCUT2D eigenvalue weighted by atomic mass is 16.6. The van der Waals surface area contributed by atoms with Crippen LogP contribution in [0.5, 0.6) is 5.75 Å². The van der Waals surface area contributed by atoms with Crippen molar-refractivity contribution < 1.29 is 14.3 Å². The summed E-state index contributed by atoms with van der Waals surface area (Å²) < 4.78 is 10.7. The minimum absolute atomic E-state index is 0.0138. The molecule has 0 aliphatic rings. The normalized spacial score (nSPS) is 12.3. The van der Waals surface area contributed by atoms with Crippen LogP contribution in [0.3, 0.4) is 0 Å². The number of nitrogens with one attached hydrogen (secondary N) is 2. The lowest BCUT2D eigenvalue weighted by molar-refractivity contribution is 0.0508. The maximum Gasteiger partial charge on any atom is 0.407 e. The first-order valence-electron chi connectivity index (χ1n) is 7.83. The van der Waals surface area contributed by atoms with Crippen LogP contribution >= 0.6 is 0 Å². The summed E-state index contributed by atoms with van der Waals surface area (Å²) in [4.78, 5) is 11.6. The number of benzene rings is 1. The summed E-state index contributed by atoms with van der Waals surface area (Å²) >= 11 is 0. The highest BCUT2D eigenvalue weighted by Gasteiger charge is 2.17. The predicted molar refractivity (Wildman–Crippen MR) is 92.7 cm³/mol. The second-order valence-electron chi connectivity index (χ2n) is 6.42. The van der Waals surface area contributed by atoms with Gasteiger partial charge in [0.15, 0.2) is 0 Å². The lowest BCUT2D eigenvalue weighted by Gasteiger charge is -2.22. The van der Waals surface area contributed by atoms with Gasteiger partial charge in [0.1, 0.15) is 18.0 Å². The summed E-state index contributed by atoms with van der Waals surface area (Å²) in [5.41, 5.74) is 0.674. The van der Waals surface area contributed by atoms with Crippen LogP contribution in [0, 0.1) is 0 Å². The molecular weight excluding hydrogens is 292 g/mol. The van der Waals surface area contributed by atoms with Gasteiger partial charge in [0.05, 0.1) is 0 Å². The SMILES string of the molecule is C=CCOc1ccc(CNCC(C)NC(=O)OC(C)(C)C)cc1. The molecule has 5 nitrogen and oxygen atoms in total. The molecule has 0 heterocycles. The van der Waals surface area contributed by atoms with Crippen LogP contribution in [0.25, 0.3) is 0 Å². The van der Waals surface area contributed by atoms with Crippen molar-refractivity contribution in [3.63, 3.8) is 0 Å². The number of hydrogen-bond acceptors (Lipinski definition) is 4. The van der Waals surface area contributed by atoms with E-state index in [4.69, 9.17) is 9.47 Å². The predicted octanol–water partition coefficient (Wildman–Crippen LogP) is 3.25. The van der Waals surface area contributed by atoms with Gasteiger partial charge in [0.2, 0.25) is 0 Å². The van der Waals surface area contributed by atoms with Crippen LogP contribution in [0.1, 0.15) is 33.3 Å². The van der Waals surface area contributed by atoms with Crippen LogP contribution in [-0.2, 0) is 11.3 Å². The molecule has 1 aromatic carbocycles. The summed E-state index contributed by atoms with van der Waals surface area (Å²) in [5.74, 6) is 0.827. The largest absolute Gasteiger partial charge is 0.490 e. The Hall–Kier alpha value is -2.01. The molecule has 0 radical (unpaired) electrons. The van der Waals surface area contributed by atoms with E-state index in [1.807, 2.05) is 52.0 Å². The average molecular weight is 320 g/mol. The Kier molecular flexibility index (Phi) is 7.62. The number of amides is 1. The van der Waals surface area contributed by atoms with Gasteiger partial charge in [-0.2, -0.15) is 0 Å². The number of carbonyl (C=O) groups is 1. The van der Waals surface area contributed by atoms with Gasteiger partial charge >= 0.3 is 6.09 Å². The van der Waals surface area contributed by atoms with Crippen molar-refractivity contribution in [1.29, 1.82) is 0 Å². The maximum atomic E-state index is 11.6. The Labute approximate surface area is 139 Å². The molecule has 0 saturated carbocycles. The van der Waals surface area contributed by atoms with Crippen molar-refractivity contribution in [2.45, 2.75) is 45.9 Å². The number of alkyl carbamates (subject to hydrolysis) is 1. The lowest BCUT2D eigenvalue weighted by atomic mass is 10.2. The van der Waals surface area contributed by atoms with Gasteiger partial charge in [0.25, 0.3) is 0 Å². The molecule has 23 heavy (non-hydrogen) atoms. The molecule has 0 aliphatic heterocycles. The molecule has 0 spiro atoms. The minimum Gasteiger partial charge on any atom is -0.490 e. The molecule has 0 fully saturated rings. The standard InChI is InChI=1S/C18H28N2O3/c1-6-11-22-16-9-7-15(8-10-16)13-19-12-14(2)20-17(21)23-18(3,4)5/h6-10,14,19H,1,11-13H2,2-5H3,(H,20,21). The van der Waals surface area contributed by atoms with Gasteiger partial charge in [-0.3, -0.25) is 0 Å². The molecule has 1 aromatic rings. The number of hydrogen-bond donors (Lipinski definition) is 2. The van der Waals surface area contributed by atoms with Crippen molar-refractivity contribution in [2.75, 3.05) is 13.2 Å². The molecule has 1 atom stereocenters. The van der Waals surface area contributed by atoms with E-state index in [0.29, 0.717) is 13.2 Å². The van der Waals surface area contributed by atoms with Gasteiger partial charge in [-0.25, -0.2) is 4.79 Å². The molecule has 0 saturated heterocycles. The summed E-state index contributed by atoms with van der Waals surface area (Å²) in [6.45, 7) is 13.0. The molecule has 2 N–H and O–H groups in total. The number of rotatable bonds is 8. The summed E-state index contributed by atoms with van der Waals surface area (Å²) in [6.07, 6.45) is 1.32. The lowest BCUT2D eigenvalue weighted by Crippen LogP contribution is -2.42. The van der Waals surface area contributed by atoms with Crippen molar-refractivity contribution in [1.82, 2.24) is 10.6 Å². The fourth-order valence-corrected chi connectivity index (χ4v) is 1.85. The first-order valence-corrected chi connectivity index (χ1v) is 7.83. The Morgan fingerprint density at radius 3 is 2.52 bits per heavy atom. The number of ether oxygens (including phenoxy) is 2. The van der Waals surface area contributed by atoms with E-state index in [0.717, 1.165) is 17.9 Å². The smallest absolute Gasteiger partial charge is 0.407 e. The summed E-state index contributed by atoms with van der Waals surface area (Å²) in [7, 11) is 0. The van der Waals surface area contributed by atoms with E-state index in [1.54, 1.807) is 6.08 Å². The molecular formula is C18H28N2O3. The van der Waals surface area contributed by atoms with Crippen molar-refractivity contribution in [2.24, 2.45) is 0 Å². The Balaban J connectivity index is 2.27. The zero-order chi connectivity index (χ0) is 17.3. The minimum atomic E-state index is -0.480. The van der Waals surface area contributed by atoms with E-state index in [1.165, 1.54) is 0 Å². The van der Waals surface area contributed by atoms with Gasteiger partial charge in [-0.15, -0.1) is 0 Å². The number of carbonyl (C=O) groups excluding carboxylic acids is 1. The molecule has 0 bridgehead atoms. The van der Waals surface area contributed by atoms with Crippen LogP contribution in [0.2, 0.25) is 0 Å². The second kappa shape index (κ2) is 9.20. The van der Waals surface area contributed by atoms with Crippen LogP contribution in [-0.4, -0.2) is 30.9 Å².